The molecule has 0 saturated carbocycles. The topological polar surface area (TPSA) is 0 Å². The molecule has 0 aromatic carbocycles. The van der Waals surface area contributed by atoms with E-state index in [1.165, 1.54) is 0 Å². The van der Waals surface area contributed by atoms with Crippen LogP contribution in [0.3, 0.4) is 0 Å². The third-order valence-electron chi connectivity index (χ3n) is 2.55. The van der Waals surface area contributed by atoms with Crippen molar-refractivity contribution in [3.05, 3.63) is 0 Å². The van der Waals surface area contributed by atoms with Crippen molar-refractivity contribution in [2.75, 3.05) is 0 Å². The van der Waals surface area contributed by atoms with Crippen molar-refractivity contribution in [1.82, 2.24) is 0 Å². The normalized spacial score (nSPS) is 18.5. The van der Waals surface area contributed by atoms with Crippen LogP contribution < -0.4 is 0 Å². The van der Waals surface area contributed by atoms with Gasteiger partial charge in [-0.3, -0.25) is 0 Å². The van der Waals surface area contributed by atoms with Gasteiger partial charge in [-0.1, -0.05) is 0 Å². The van der Waals surface area contributed by atoms with E-state index in [-0.39, 0.29) is 0 Å². The molecule has 0 amide bonds. The molecule has 0 aliphatic rings. The van der Waals surface area contributed by atoms with Crippen molar-refractivity contribution in [2.24, 2.45) is 0 Å². The van der Waals surface area contributed by atoms with E-state index in [0.29, 0.717) is 0 Å². The molecular formula is C8H3F15S. The molecule has 146 valence electrons. The number of hydrogen-bond acceptors (Lipinski definition) is 1. The molecule has 0 saturated heterocycles. The molecule has 0 bridgehead atoms. The van der Waals surface area contributed by atoms with Gasteiger partial charge < -0.3 is 0 Å². The summed E-state index contributed by atoms with van der Waals surface area (Å²) in [5.74, 6) is -39.2. The van der Waals surface area contributed by atoms with Crippen molar-refractivity contribution in [1.29, 1.82) is 0 Å². The Hall–Kier alpha value is -0.700. The third kappa shape index (κ3) is 2.98. The van der Waals surface area contributed by atoms with Crippen LogP contribution in [0.25, 0.3) is 0 Å². The number of halogens is 15. The Morgan fingerprint density at radius 2 is 0.792 bits per heavy atom. The van der Waals surface area contributed by atoms with Crippen LogP contribution in [0.4, 0.5) is 65.9 Å². The Kier molecular flexibility index (Phi) is 5.76. The Labute approximate surface area is 127 Å². The van der Waals surface area contributed by atoms with Crippen LogP contribution in [0.2, 0.25) is 0 Å². The van der Waals surface area contributed by atoms with Gasteiger partial charge >= 0.3 is 35.8 Å². The predicted molar refractivity (Wildman–Crippen MR) is 49.6 cm³/mol. The van der Waals surface area contributed by atoms with E-state index in [2.05, 4.69) is 12.6 Å². The average Bonchev–Trinajstić information content (AvgIpc) is 2.35. The zero-order chi connectivity index (χ0) is 20.2. The van der Waals surface area contributed by atoms with Gasteiger partial charge in [0.25, 0.3) is 0 Å². The fraction of sp³-hybridized carbons (Fsp3) is 1.00. The van der Waals surface area contributed by atoms with E-state index in [9.17, 15) is 65.9 Å². The summed E-state index contributed by atoms with van der Waals surface area (Å²) in [4.78, 5) is 0. The Morgan fingerprint density at radius 1 is 0.500 bits per heavy atom. The van der Waals surface area contributed by atoms with Crippen LogP contribution >= 0.6 is 12.6 Å². The highest BCUT2D eigenvalue weighted by molar-refractivity contribution is 7.80. The Morgan fingerprint density at radius 3 is 1.04 bits per heavy atom. The average molecular weight is 416 g/mol. The molecule has 0 nitrogen and oxygen atoms in total. The molecule has 0 radical (unpaired) electrons. The minimum Gasteiger partial charge on any atom is -0.236 e. The summed E-state index contributed by atoms with van der Waals surface area (Å²) in [7, 11) is 0. The fourth-order valence-corrected chi connectivity index (χ4v) is 1.31. The molecule has 0 N–H and O–H groups in total. The second-order valence-corrected chi connectivity index (χ2v) is 4.69. The standard InChI is InChI=1S/C8H3F15S/c9-1(2(10)24)3(11,12)4(13,14)5(15,16)6(17,18)7(19,20)8(21,22)23/h1-2,24H. The lowest BCUT2D eigenvalue weighted by atomic mass is 9.92. The summed E-state index contributed by atoms with van der Waals surface area (Å²) >= 11 is 2.17. The fourth-order valence-electron chi connectivity index (χ4n) is 1.13. The van der Waals surface area contributed by atoms with E-state index in [1.54, 1.807) is 0 Å². The lowest BCUT2D eigenvalue weighted by molar-refractivity contribution is -0.443. The first-order valence-corrected chi connectivity index (χ1v) is 5.54. The molecule has 0 fully saturated rings. The lowest BCUT2D eigenvalue weighted by Crippen LogP contribution is -2.71. The summed E-state index contributed by atoms with van der Waals surface area (Å²) in [6, 6.07) is 0. The van der Waals surface area contributed by atoms with Gasteiger partial charge in [-0.25, -0.2) is 8.78 Å². The van der Waals surface area contributed by atoms with Crippen LogP contribution in [0.5, 0.6) is 0 Å². The Balaban J connectivity index is 6.31. The largest absolute Gasteiger partial charge is 0.460 e. The smallest absolute Gasteiger partial charge is 0.236 e. The van der Waals surface area contributed by atoms with Crippen molar-refractivity contribution in [2.45, 2.75) is 47.5 Å². The minimum absolute atomic E-state index is 2.17. The highest BCUT2D eigenvalue weighted by Crippen LogP contribution is 2.61. The summed E-state index contributed by atoms with van der Waals surface area (Å²) in [5.41, 5.74) is -3.99. The molecule has 24 heavy (non-hydrogen) atoms. The molecule has 0 aliphatic carbocycles. The van der Waals surface area contributed by atoms with Gasteiger partial charge in [-0.15, -0.1) is 12.6 Å². The predicted octanol–water partition coefficient (Wildman–Crippen LogP) is 5.29. The zero-order valence-corrected chi connectivity index (χ0v) is 11.2. The summed E-state index contributed by atoms with van der Waals surface area (Å²) in [6.45, 7) is 0. The van der Waals surface area contributed by atoms with Crippen molar-refractivity contribution >= 4 is 12.6 Å². The quantitative estimate of drug-likeness (QED) is 0.442. The maximum absolute atomic E-state index is 12.9. The molecule has 0 aromatic rings. The summed E-state index contributed by atoms with van der Waals surface area (Å²) in [5, 5.41) is 0. The van der Waals surface area contributed by atoms with Gasteiger partial charge in [0.15, 0.2) is 5.50 Å². The van der Waals surface area contributed by atoms with E-state index in [0.717, 1.165) is 0 Å². The van der Waals surface area contributed by atoms with Crippen molar-refractivity contribution < 1.29 is 65.9 Å². The van der Waals surface area contributed by atoms with E-state index >= 15 is 0 Å². The first kappa shape index (κ1) is 23.3. The Bertz CT molecular complexity index is 449. The van der Waals surface area contributed by atoms with Gasteiger partial charge in [0, 0.05) is 0 Å². The third-order valence-corrected chi connectivity index (χ3v) is 2.81. The SMILES string of the molecule is FC(S)C(F)C(F)(F)C(F)(F)C(F)(F)C(F)(F)C(F)(F)C(F)(F)F. The molecule has 16 heteroatoms. The second-order valence-electron chi connectivity index (χ2n) is 4.19. The van der Waals surface area contributed by atoms with Crippen LogP contribution in [-0.2, 0) is 0 Å². The molecule has 2 atom stereocenters. The highest BCUT2D eigenvalue weighted by atomic mass is 32.1. The van der Waals surface area contributed by atoms with E-state index in [4.69, 9.17) is 0 Å². The van der Waals surface area contributed by atoms with E-state index in [1.807, 2.05) is 0 Å². The van der Waals surface area contributed by atoms with Gasteiger partial charge in [-0.05, 0) is 0 Å². The van der Waals surface area contributed by atoms with Crippen molar-refractivity contribution in [3.63, 3.8) is 0 Å². The second kappa shape index (κ2) is 5.93. The first-order valence-electron chi connectivity index (χ1n) is 5.02. The lowest BCUT2D eigenvalue weighted by Gasteiger charge is -2.40. The molecule has 0 rings (SSSR count). The summed E-state index contributed by atoms with van der Waals surface area (Å²) in [6.07, 6.45) is -12.6. The van der Waals surface area contributed by atoms with Gasteiger partial charge in [0.1, 0.15) is 0 Å². The minimum atomic E-state index is -8.15. The van der Waals surface area contributed by atoms with Crippen molar-refractivity contribution in [3.8, 4) is 0 Å². The van der Waals surface area contributed by atoms with Gasteiger partial charge in [0.05, 0.1) is 0 Å². The number of rotatable bonds is 6. The van der Waals surface area contributed by atoms with Crippen LogP contribution in [0.15, 0.2) is 0 Å². The van der Waals surface area contributed by atoms with Crippen LogP contribution in [0, 0.1) is 0 Å². The molecule has 0 spiro atoms. The maximum atomic E-state index is 12.9. The molecule has 2 unspecified atom stereocenters. The van der Waals surface area contributed by atoms with Gasteiger partial charge in [0.2, 0.25) is 6.17 Å². The molecular weight excluding hydrogens is 413 g/mol. The number of thiol groups is 1. The van der Waals surface area contributed by atoms with Gasteiger partial charge in [-0.2, -0.15) is 57.1 Å². The van der Waals surface area contributed by atoms with E-state index < -0.39 is 47.5 Å². The molecule has 0 heterocycles. The highest BCUT2D eigenvalue weighted by Gasteiger charge is 2.91. The van der Waals surface area contributed by atoms with Crippen LogP contribution in [0.1, 0.15) is 0 Å². The van der Waals surface area contributed by atoms with Crippen LogP contribution in [-0.4, -0.2) is 47.5 Å². The summed E-state index contributed by atoms with van der Waals surface area (Å²) < 4.78 is 187. The maximum Gasteiger partial charge on any atom is 0.460 e. The monoisotopic (exact) mass is 416 g/mol. The molecule has 0 aromatic heterocycles. The zero-order valence-electron chi connectivity index (χ0n) is 10.3. The number of hydrogen-bond donors (Lipinski definition) is 1. The first-order chi connectivity index (χ1) is 10.1. The number of alkyl halides is 15. The molecule has 0 aliphatic heterocycles.